The lowest BCUT2D eigenvalue weighted by molar-refractivity contribution is -0.132. The van der Waals surface area contributed by atoms with Crippen LogP contribution in [0.4, 0.5) is 0 Å². The lowest BCUT2D eigenvalue weighted by Crippen LogP contribution is -2.50. The van der Waals surface area contributed by atoms with Gasteiger partial charge in [0.1, 0.15) is 0 Å². The van der Waals surface area contributed by atoms with Gasteiger partial charge in [0, 0.05) is 13.1 Å². The van der Waals surface area contributed by atoms with Crippen LogP contribution < -0.4 is 10.6 Å². The van der Waals surface area contributed by atoms with Gasteiger partial charge in [0.15, 0.2) is 0 Å². The maximum Gasteiger partial charge on any atom is 0.227 e. The molecule has 0 aromatic rings. The Hall–Kier alpha value is -0.570. The number of unbranched alkanes of at least 4 members (excludes halogenated alkanes) is 2. The largest absolute Gasteiger partial charge is 0.356 e. The quantitative estimate of drug-likeness (QED) is 0.681. The molecule has 16 heavy (non-hydrogen) atoms. The van der Waals surface area contributed by atoms with Crippen LogP contribution in [0.15, 0.2) is 0 Å². The fourth-order valence-corrected chi connectivity index (χ4v) is 2.39. The zero-order valence-electron chi connectivity index (χ0n) is 10.8. The van der Waals surface area contributed by atoms with Crippen molar-refractivity contribution >= 4 is 5.91 Å². The first-order valence-electron chi connectivity index (χ1n) is 6.74. The van der Waals surface area contributed by atoms with Crippen LogP contribution >= 0.6 is 0 Å². The number of carbonyl (C=O) groups is 1. The summed E-state index contributed by atoms with van der Waals surface area (Å²) in [7, 11) is 0. The first-order chi connectivity index (χ1) is 7.75. The van der Waals surface area contributed by atoms with E-state index in [0.29, 0.717) is 0 Å². The van der Waals surface area contributed by atoms with E-state index in [9.17, 15) is 4.79 Å². The van der Waals surface area contributed by atoms with Gasteiger partial charge in [0.25, 0.3) is 0 Å². The van der Waals surface area contributed by atoms with Crippen LogP contribution in [0.25, 0.3) is 0 Å². The smallest absolute Gasteiger partial charge is 0.227 e. The van der Waals surface area contributed by atoms with Gasteiger partial charge < -0.3 is 10.6 Å². The minimum atomic E-state index is -0.134. The molecule has 1 saturated heterocycles. The summed E-state index contributed by atoms with van der Waals surface area (Å²) in [6.07, 6.45) is 6.62. The van der Waals surface area contributed by atoms with Crippen LogP contribution in [0, 0.1) is 5.41 Å². The SMILES string of the molecule is CCCCCNC(=O)C1(CC)CCCNC1. The molecular weight excluding hydrogens is 200 g/mol. The molecule has 0 saturated carbocycles. The number of carbonyl (C=O) groups excluding carboxylic acids is 1. The van der Waals surface area contributed by atoms with E-state index in [1.54, 1.807) is 0 Å². The van der Waals surface area contributed by atoms with Crippen molar-refractivity contribution in [1.82, 2.24) is 10.6 Å². The zero-order chi connectivity index (χ0) is 11.9. The lowest BCUT2D eigenvalue weighted by Gasteiger charge is -2.35. The molecule has 94 valence electrons. The number of piperidine rings is 1. The second-order valence-corrected chi connectivity index (χ2v) is 4.88. The summed E-state index contributed by atoms with van der Waals surface area (Å²) in [6.45, 7) is 7.06. The summed E-state index contributed by atoms with van der Waals surface area (Å²) < 4.78 is 0. The Morgan fingerprint density at radius 1 is 1.38 bits per heavy atom. The molecule has 0 aliphatic carbocycles. The molecule has 3 heteroatoms. The standard InChI is InChI=1S/C13H26N2O/c1-3-5-6-10-15-12(16)13(4-2)8-7-9-14-11-13/h14H,3-11H2,1-2H3,(H,15,16). The van der Waals surface area contributed by atoms with E-state index in [0.717, 1.165) is 45.3 Å². The van der Waals surface area contributed by atoms with Gasteiger partial charge in [0.05, 0.1) is 5.41 Å². The molecule has 1 aliphatic heterocycles. The predicted molar refractivity (Wildman–Crippen MR) is 67.4 cm³/mol. The molecule has 1 aliphatic rings. The highest BCUT2D eigenvalue weighted by Crippen LogP contribution is 2.30. The Kier molecular flexibility index (Phi) is 5.81. The van der Waals surface area contributed by atoms with Crippen molar-refractivity contribution in [2.24, 2.45) is 5.41 Å². The molecule has 0 spiro atoms. The minimum Gasteiger partial charge on any atom is -0.356 e. The highest BCUT2D eigenvalue weighted by molar-refractivity contribution is 5.82. The third-order valence-corrected chi connectivity index (χ3v) is 3.70. The van der Waals surface area contributed by atoms with E-state index in [-0.39, 0.29) is 11.3 Å². The fraction of sp³-hybridized carbons (Fsp3) is 0.923. The second-order valence-electron chi connectivity index (χ2n) is 4.88. The number of hydrogen-bond donors (Lipinski definition) is 2. The Bertz CT molecular complexity index is 210. The number of rotatable bonds is 6. The summed E-state index contributed by atoms with van der Waals surface area (Å²) in [5.41, 5.74) is -0.134. The van der Waals surface area contributed by atoms with Gasteiger partial charge in [0.2, 0.25) is 5.91 Å². The van der Waals surface area contributed by atoms with Gasteiger partial charge in [-0.05, 0) is 32.2 Å². The van der Waals surface area contributed by atoms with E-state index in [4.69, 9.17) is 0 Å². The second kappa shape index (κ2) is 6.89. The van der Waals surface area contributed by atoms with Crippen molar-refractivity contribution < 1.29 is 4.79 Å². The fourth-order valence-electron chi connectivity index (χ4n) is 2.39. The van der Waals surface area contributed by atoms with Gasteiger partial charge in [-0.25, -0.2) is 0 Å². The maximum atomic E-state index is 12.2. The van der Waals surface area contributed by atoms with Crippen LogP contribution in [-0.4, -0.2) is 25.5 Å². The van der Waals surface area contributed by atoms with Crippen molar-refractivity contribution in [2.75, 3.05) is 19.6 Å². The summed E-state index contributed by atoms with van der Waals surface area (Å²) in [5.74, 6) is 0.262. The maximum absolute atomic E-state index is 12.2. The topological polar surface area (TPSA) is 41.1 Å². The molecule has 0 radical (unpaired) electrons. The summed E-state index contributed by atoms with van der Waals surface area (Å²) in [5, 5.41) is 6.45. The highest BCUT2D eigenvalue weighted by atomic mass is 16.2. The molecule has 1 rings (SSSR count). The monoisotopic (exact) mass is 226 g/mol. The van der Waals surface area contributed by atoms with Crippen molar-refractivity contribution in [3.8, 4) is 0 Å². The Balaban J connectivity index is 2.36. The van der Waals surface area contributed by atoms with E-state index in [1.807, 2.05) is 0 Å². The molecule has 1 unspecified atom stereocenters. The molecule has 0 bridgehead atoms. The average Bonchev–Trinajstić information content (AvgIpc) is 2.35. The number of amides is 1. The Labute approximate surface area is 99.4 Å². The highest BCUT2D eigenvalue weighted by Gasteiger charge is 2.37. The molecule has 2 N–H and O–H groups in total. The van der Waals surface area contributed by atoms with Gasteiger partial charge in [-0.2, -0.15) is 0 Å². The van der Waals surface area contributed by atoms with E-state index < -0.39 is 0 Å². The molecule has 0 aromatic heterocycles. The van der Waals surface area contributed by atoms with Crippen LogP contribution in [0.2, 0.25) is 0 Å². The number of nitrogens with one attached hydrogen (secondary N) is 2. The van der Waals surface area contributed by atoms with Crippen LogP contribution in [0.1, 0.15) is 52.4 Å². The van der Waals surface area contributed by atoms with Crippen molar-refractivity contribution in [3.63, 3.8) is 0 Å². The summed E-state index contributed by atoms with van der Waals surface area (Å²) in [6, 6.07) is 0. The Morgan fingerprint density at radius 2 is 2.19 bits per heavy atom. The van der Waals surface area contributed by atoms with E-state index in [2.05, 4.69) is 24.5 Å². The van der Waals surface area contributed by atoms with Crippen molar-refractivity contribution in [1.29, 1.82) is 0 Å². The van der Waals surface area contributed by atoms with E-state index >= 15 is 0 Å². The normalized spacial score (nSPS) is 25.4. The first kappa shape index (κ1) is 13.5. The Morgan fingerprint density at radius 3 is 2.75 bits per heavy atom. The molecule has 1 heterocycles. The minimum absolute atomic E-state index is 0.134. The van der Waals surface area contributed by atoms with Gasteiger partial charge in [-0.1, -0.05) is 26.7 Å². The molecule has 1 atom stereocenters. The van der Waals surface area contributed by atoms with Crippen molar-refractivity contribution in [3.05, 3.63) is 0 Å². The summed E-state index contributed by atoms with van der Waals surface area (Å²) in [4.78, 5) is 12.2. The molecule has 0 aromatic carbocycles. The van der Waals surface area contributed by atoms with Crippen molar-refractivity contribution in [2.45, 2.75) is 52.4 Å². The van der Waals surface area contributed by atoms with Gasteiger partial charge in [-0.15, -0.1) is 0 Å². The molecular formula is C13H26N2O. The first-order valence-corrected chi connectivity index (χ1v) is 6.74. The van der Waals surface area contributed by atoms with Crippen LogP contribution in [0.5, 0.6) is 0 Å². The predicted octanol–water partition coefficient (Wildman–Crippen LogP) is 2.07. The van der Waals surface area contributed by atoms with E-state index in [1.165, 1.54) is 12.8 Å². The van der Waals surface area contributed by atoms with Crippen LogP contribution in [0.3, 0.4) is 0 Å². The lowest BCUT2D eigenvalue weighted by atomic mass is 9.77. The third-order valence-electron chi connectivity index (χ3n) is 3.70. The summed E-state index contributed by atoms with van der Waals surface area (Å²) >= 11 is 0. The molecule has 1 amide bonds. The molecule has 1 fully saturated rings. The van der Waals surface area contributed by atoms with Gasteiger partial charge in [-0.3, -0.25) is 4.79 Å². The average molecular weight is 226 g/mol. The number of hydrogen-bond acceptors (Lipinski definition) is 2. The van der Waals surface area contributed by atoms with Crippen LogP contribution in [-0.2, 0) is 4.79 Å². The third kappa shape index (κ3) is 3.48. The molecule has 3 nitrogen and oxygen atoms in total. The van der Waals surface area contributed by atoms with Gasteiger partial charge >= 0.3 is 0 Å². The zero-order valence-corrected chi connectivity index (χ0v) is 10.8.